The molecule has 1 amide bonds. The summed E-state index contributed by atoms with van der Waals surface area (Å²) in [4.78, 5) is 12.7. The van der Waals surface area contributed by atoms with Crippen LogP contribution in [0.1, 0.15) is 18.1 Å². The van der Waals surface area contributed by atoms with E-state index in [2.05, 4.69) is 22.4 Å². The Labute approximate surface area is 196 Å². The number of anilines is 1. The molecule has 162 valence electrons. The lowest BCUT2D eigenvalue weighted by Gasteiger charge is -2.12. The number of aromatic nitrogens is 3. The van der Waals surface area contributed by atoms with Gasteiger partial charge in [-0.25, -0.2) is 0 Å². The monoisotopic (exact) mass is 462 g/mol. The number of hydrogen-bond donors (Lipinski definition) is 1. The number of benzene rings is 3. The summed E-state index contributed by atoms with van der Waals surface area (Å²) in [6.45, 7) is 4.12. The zero-order valence-electron chi connectivity index (χ0n) is 17.9. The van der Waals surface area contributed by atoms with Crippen LogP contribution in [0.2, 0.25) is 5.02 Å². The summed E-state index contributed by atoms with van der Waals surface area (Å²) in [5.41, 5.74) is 4.96. The van der Waals surface area contributed by atoms with Crippen molar-refractivity contribution >= 4 is 35.0 Å². The van der Waals surface area contributed by atoms with Crippen LogP contribution in [-0.4, -0.2) is 26.4 Å². The molecular formula is C25H23ClN4OS. The average molecular weight is 463 g/mol. The third kappa shape index (κ3) is 5.03. The summed E-state index contributed by atoms with van der Waals surface area (Å²) in [5.74, 6) is 0.843. The summed E-state index contributed by atoms with van der Waals surface area (Å²) in [6, 6.07) is 23.5. The first kappa shape index (κ1) is 22.1. The van der Waals surface area contributed by atoms with Crippen LogP contribution < -0.4 is 5.32 Å². The fraction of sp³-hybridized carbons (Fsp3) is 0.160. The van der Waals surface area contributed by atoms with E-state index in [0.717, 1.165) is 34.5 Å². The summed E-state index contributed by atoms with van der Waals surface area (Å²) in [5, 5.41) is 13.1. The van der Waals surface area contributed by atoms with Crippen LogP contribution in [0.3, 0.4) is 0 Å². The van der Waals surface area contributed by atoms with Crippen molar-refractivity contribution in [2.45, 2.75) is 25.4 Å². The third-order valence-corrected chi connectivity index (χ3v) is 6.21. The van der Waals surface area contributed by atoms with E-state index in [1.54, 1.807) is 0 Å². The number of amides is 1. The molecule has 0 fully saturated rings. The molecule has 0 radical (unpaired) electrons. The maximum atomic E-state index is 12.7. The molecule has 1 N–H and O–H groups in total. The Bertz CT molecular complexity index is 1220. The Morgan fingerprint density at radius 3 is 2.44 bits per heavy atom. The first-order valence-corrected chi connectivity index (χ1v) is 11.7. The van der Waals surface area contributed by atoms with Gasteiger partial charge in [-0.2, -0.15) is 0 Å². The minimum absolute atomic E-state index is 0.0811. The highest BCUT2D eigenvalue weighted by Crippen LogP contribution is 2.29. The SMILES string of the molecule is CCc1ccccc1NC(=O)CSc1nnc(-c2ccc(Cl)cc2)n1-c1ccc(C)cc1. The lowest BCUT2D eigenvalue weighted by atomic mass is 10.1. The first-order chi connectivity index (χ1) is 15.5. The molecule has 5 nitrogen and oxygen atoms in total. The fourth-order valence-corrected chi connectivity index (χ4v) is 4.22. The van der Waals surface area contributed by atoms with Gasteiger partial charge < -0.3 is 5.32 Å². The summed E-state index contributed by atoms with van der Waals surface area (Å²) in [7, 11) is 0. The van der Waals surface area contributed by atoms with Crippen LogP contribution >= 0.6 is 23.4 Å². The standard InChI is InChI=1S/C25H23ClN4OS/c1-3-18-6-4-5-7-22(18)27-23(31)16-32-25-29-28-24(19-10-12-20(26)13-11-19)30(25)21-14-8-17(2)9-15-21/h4-15H,3,16H2,1-2H3,(H,27,31). The highest BCUT2D eigenvalue weighted by molar-refractivity contribution is 7.99. The molecule has 4 rings (SSSR count). The van der Waals surface area contributed by atoms with Gasteiger partial charge in [0.15, 0.2) is 11.0 Å². The molecule has 0 aliphatic heterocycles. The van der Waals surface area contributed by atoms with E-state index in [0.29, 0.717) is 16.0 Å². The molecule has 0 aliphatic rings. The molecule has 0 saturated heterocycles. The van der Waals surface area contributed by atoms with E-state index in [9.17, 15) is 4.79 Å². The van der Waals surface area contributed by atoms with E-state index < -0.39 is 0 Å². The molecule has 1 aromatic heterocycles. The summed E-state index contributed by atoms with van der Waals surface area (Å²) >= 11 is 7.42. The summed E-state index contributed by atoms with van der Waals surface area (Å²) in [6.07, 6.45) is 0.857. The number of thioether (sulfide) groups is 1. The lowest BCUT2D eigenvalue weighted by molar-refractivity contribution is -0.113. The number of nitrogens with one attached hydrogen (secondary N) is 1. The van der Waals surface area contributed by atoms with Crippen LogP contribution in [-0.2, 0) is 11.2 Å². The van der Waals surface area contributed by atoms with Crippen LogP contribution in [0.5, 0.6) is 0 Å². The van der Waals surface area contributed by atoms with Crippen LogP contribution in [0.4, 0.5) is 5.69 Å². The Kier molecular flexibility index (Phi) is 6.93. The molecule has 0 spiro atoms. The van der Waals surface area contributed by atoms with Crippen molar-refractivity contribution in [2.24, 2.45) is 0 Å². The zero-order valence-corrected chi connectivity index (χ0v) is 19.5. The van der Waals surface area contributed by atoms with E-state index >= 15 is 0 Å². The molecule has 0 atom stereocenters. The molecule has 7 heteroatoms. The quantitative estimate of drug-likeness (QED) is 0.333. The minimum Gasteiger partial charge on any atom is -0.325 e. The highest BCUT2D eigenvalue weighted by Gasteiger charge is 2.17. The van der Waals surface area contributed by atoms with Gasteiger partial charge >= 0.3 is 0 Å². The largest absolute Gasteiger partial charge is 0.325 e. The van der Waals surface area contributed by atoms with E-state index in [1.807, 2.05) is 84.3 Å². The smallest absolute Gasteiger partial charge is 0.234 e. The van der Waals surface area contributed by atoms with Gasteiger partial charge in [0.25, 0.3) is 0 Å². The van der Waals surface area contributed by atoms with Gasteiger partial charge in [0, 0.05) is 22.0 Å². The fourth-order valence-electron chi connectivity index (χ4n) is 3.34. The molecule has 0 aliphatic carbocycles. The number of hydrogen-bond acceptors (Lipinski definition) is 4. The maximum Gasteiger partial charge on any atom is 0.234 e. The molecule has 32 heavy (non-hydrogen) atoms. The van der Waals surface area contributed by atoms with Crippen LogP contribution in [0.15, 0.2) is 78.0 Å². The number of para-hydroxylation sites is 1. The highest BCUT2D eigenvalue weighted by atomic mass is 35.5. The normalized spacial score (nSPS) is 10.8. The van der Waals surface area contributed by atoms with Gasteiger partial charge in [-0.05, 0) is 61.4 Å². The van der Waals surface area contributed by atoms with Gasteiger partial charge in [-0.1, -0.05) is 66.2 Å². The van der Waals surface area contributed by atoms with Gasteiger partial charge in [0.05, 0.1) is 5.75 Å². The van der Waals surface area contributed by atoms with E-state index in [-0.39, 0.29) is 11.7 Å². The molecule has 3 aromatic carbocycles. The van der Waals surface area contributed by atoms with Crippen molar-refractivity contribution in [3.8, 4) is 17.1 Å². The molecule has 0 unspecified atom stereocenters. The Morgan fingerprint density at radius 1 is 1.00 bits per heavy atom. The van der Waals surface area contributed by atoms with Crippen molar-refractivity contribution in [3.05, 3.63) is 88.9 Å². The van der Waals surface area contributed by atoms with Gasteiger partial charge in [0.2, 0.25) is 5.91 Å². The maximum absolute atomic E-state index is 12.7. The number of halogens is 1. The van der Waals surface area contributed by atoms with E-state index in [1.165, 1.54) is 11.8 Å². The van der Waals surface area contributed by atoms with Gasteiger partial charge in [0.1, 0.15) is 0 Å². The predicted octanol–water partition coefficient (Wildman–Crippen LogP) is 6.19. The molecule has 0 saturated carbocycles. The van der Waals surface area contributed by atoms with E-state index in [4.69, 9.17) is 11.6 Å². The molecular weight excluding hydrogens is 440 g/mol. The van der Waals surface area contributed by atoms with Crippen molar-refractivity contribution in [2.75, 3.05) is 11.1 Å². The van der Waals surface area contributed by atoms with Crippen LogP contribution in [0.25, 0.3) is 17.1 Å². The van der Waals surface area contributed by atoms with Crippen molar-refractivity contribution in [3.63, 3.8) is 0 Å². The number of nitrogens with zero attached hydrogens (tertiary/aromatic N) is 3. The topological polar surface area (TPSA) is 59.8 Å². The average Bonchev–Trinajstić information content (AvgIpc) is 3.23. The molecule has 1 heterocycles. The minimum atomic E-state index is -0.0811. The number of rotatable bonds is 7. The van der Waals surface area contributed by atoms with Crippen molar-refractivity contribution in [1.29, 1.82) is 0 Å². The van der Waals surface area contributed by atoms with Gasteiger partial charge in [-0.15, -0.1) is 10.2 Å². The Hall–Kier alpha value is -3.09. The number of carbonyl (C=O) groups excluding carboxylic acids is 1. The summed E-state index contributed by atoms with van der Waals surface area (Å²) < 4.78 is 1.97. The van der Waals surface area contributed by atoms with Crippen molar-refractivity contribution < 1.29 is 4.79 Å². The van der Waals surface area contributed by atoms with Crippen LogP contribution in [0, 0.1) is 6.92 Å². The zero-order chi connectivity index (χ0) is 22.5. The lowest BCUT2D eigenvalue weighted by Crippen LogP contribution is -2.15. The Balaban J connectivity index is 1.60. The number of aryl methyl sites for hydroxylation is 2. The third-order valence-electron chi connectivity index (χ3n) is 5.03. The molecule has 4 aromatic rings. The van der Waals surface area contributed by atoms with Crippen molar-refractivity contribution in [1.82, 2.24) is 14.8 Å². The number of carbonyl (C=O) groups is 1. The second-order valence-electron chi connectivity index (χ2n) is 7.33. The predicted molar refractivity (Wildman–Crippen MR) is 132 cm³/mol. The Morgan fingerprint density at radius 2 is 1.72 bits per heavy atom. The van der Waals surface area contributed by atoms with Gasteiger partial charge in [-0.3, -0.25) is 9.36 Å². The first-order valence-electron chi connectivity index (χ1n) is 10.3. The second kappa shape index (κ2) is 10.0. The molecule has 0 bridgehead atoms. The second-order valence-corrected chi connectivity index (χ2v) is 8.71.